The summed E-state index contributed by atoms with van der Waals surface area (Å²) in [6.45, 7) is 11.2. The maximum atomic E-state index is 14.0. The molecule has 0 aliphatic carbocycles. The zero-order chi connectivity index (χ0) is 13.9. The van der Waals surface area contributed by atoms with Crippen molar-refractivity contribution in [2.45, 2.75) is 59.3 Å². The lowest BCUT2D eigenvalue weighted by Crippen LogP contribution is -2.40. The molecule has 3 nitrogen and oxygen atoms in total. The molecule has 1 atom stereocenters. The van der Waals surface area contributed by atoms with Crippen LogP contribution in [0.3, 0.4) is 0 Å². The Kier molecular flexibility index (Phi) is 5.34. The van der Waals surface area contributed by atoms with Crippen LogP contribution in [0.2, 0.25) is 0 Å². The first-order valence-electron chi connectivity index (χ1n) is 6.35. The molecule has 0 spiro atoms. The van der Waals surface area contributed by atoms with E-state index in [-0.39, 0.29) is 5.54 Å². The van der Waals surface area contributed by atoms with Crippen LogP contribution in [0.1, 0.15) is 39.1 Å². The van der Waals surface area contributed by atoms with Gasteiger partial charge in [0.15, 0.2) is 0 Å². The number of halogens is 2. The van der Waals surface area contributed by atoms with E-state index in [1.165, 1.54) is 0 Å². The van der Waals surface area contributed by atoms with Crippen LogP contribution in [-0.4, -0.2) is 28.0 Å². The number of alkyl halides is 1. The summed E-state index contributed by atoms with van der Waals surface area (Å²) in [7, 11) is 0. The lowest BCUT2D eigenvalue weighted by Gasteiger charge is -2.22. The summed E-state index contributed by atoms with van der Waals surface area (Å²) in [6, 6.07) is 0. The third-order valence-corrected chi connectivity index (χ3v) is 3.75. The average Bonchev–Trinajstić information content (AvgIpc) is 2.53. The van der Waals surface area contributed by atoms with Gasteiger partial charge in [-0.2, -0.15) is 5.10 Å². The molecule has 0 bridgehead atoms. The van der Waals surface area contributed by atoms with Crippen molar-refractivity contribution in [3.63, 3.8) is 0 Å². The van der Waals surface area contributed by atoms with Gasteiger partial charge in [-0.05, 0) is 50.5 Å². The molecule has 1 heterocycles. The van der Waals surface area contributed by atoms with Gasteiger partial charge in [0, 0.05) is 25.0 Å². The van der Waals surface area contributed by atoms with Gasteiger partial charge in [-0.15, -0.1) is 0 Å². The van der Waals surface area contributed by atoms with Gasteiger partial charge in [-0.25, -0.2) is 4.39 Å². The molecule has 0 aromatic carbocycles. The molecule has 1 aromatic heterocycles. The first kappa shape index (κ1) is 15.6. The van der Waals surface area contributed by atoms with E-state index >= 15 is 0 Å². The van der Waals surface area contributed by atoms with E-state index in [0.29, 0.717) is 13.0 Å². The maximum absolute atomic E-state index is 14.0. The normalized spacial score (nSPS) is 13.9. The zero-order valence-corrected chi connectivity index (χ0v) is 13.4. The second kappa shape index (κ2) is 6.15. The molecule has 0 aliphatic rings. The lowest BCUT2D eigenvalue weighted by atomic mass is 10.1. The van der Waals surface area contributed by atoms with E-state index in [4.69, 9.17) is 0 Å². The SMILES string of the molecule is CCn1nc(C)c(Br)c1CC(F)CNC(C)(C)C. The van der Waals surface area contributed by atoms with Crippen molar-refractivity contribution in [1.29, 1.82) is 0 Å². The fourth-order valence-corrected chi connectivity index (χ4v) is 2.21. The minimum absolute atomic E-state index is 0.0531. The van der Waals surface area contributed by atoms with Gasteiger partial charge in [0.1, 0.15) is 6.17 Å². The maximum Gasteiger partial charge on any atom is 0.118 e. The van der Waals surface area contributed by atoms with E-state index in [1.807, 2.05) is 39.3 Å². The molecule has 0 fully saturated rings. The Hall–Kier alpha value is -0.420. The van der Waals surface area contributed by atoms with Crippen LogP contribution in [0.5, 0.6) is 0 Å². The number of aromatic nitrogens is 2. The summed E-state index contributed by atoms with van der Waals surface area (Å²) >= 11 is 3.49. The molecule has 1 aromatic rings. The quantitative estimate of drug-likeness (QED) is 0.903. The van der Waals surface area contributed by atoms with Crippen molar-refractivity contribution < 1.29 is 4.39 Å². The Morgan fingerprint density at radius 2 is 2.06 bits per heavy atom. The molecule has 18 heavy (non-hydrogen) atoms. The molecule has 0 saturated heterocycles. The highest BCUT2D eigenvalue weighted by Gasteiger charge is 2.19. The molecule has 1 N–H and O–H groups in total. The molecule has 0 amide bonds. The highest BCUT2D eigenvalue weighted by Crippen LogP contribution is 2.23. The standard InChI is InChI=1S/C13H23BrFN3/c1-6-18-11(12(14)9(2)17-18)7-10(15)8-16-13(3,4)5/h10,16H,6-8H2,1-5H3. The Labute approximate surface area is 117 Å². The van der Waals surface area contributed by atoms with Crippen LogP contribution < -0.4 is 5.32 Å². The molecule has 104 valence electrons. The molecule has 1 unspecified atom stereocenters. The van der Waals surface area contributed by atoms with Crippen LogP contribution in [0.4, 0.5) is 4.39 Å². The van der Waals surface area contributed by atoms with Crippen LogP contribution in [-0.2, 0) is 13.0 Å². The van der Waals surface area contributed by atoms with Crippen LogP contribution in [0.15, 0.2) is 4.47 Å². The van der Waals surface area contributed by atoms with Crippen molar-refractivity contribution in [2.24, 2.45) is 0 Å². The largest absolute Gasteiger partial charge is 0.309 e. The summed E-state index contributed by atoms with van der Waals surface area (Å²) in [5.74, 6) is 0. The molecule has 0 radical (unpaired) electrons. The lowest BCUT2D eigenvalue weighted by molar-refractivity contribution is 0.280. The monoisotopic (exact) mass is 319 g/mol. The van der Waals surface area contributed by atoms with Gasteiger partial charge in [0.2, 0.25) is 0 Å². The fourth-order valence-electron chi connectivity index (χ4n) is 1.76. The third-order valence-electron chi connectivity index (χ3n) is 2.72. The van der Waals surface area contributed by atoms with Crippen molar-refractivity contribution >= 4 is 15.9 Å². The Morgan fingerprint density at radius 3 is 2.56 bits per heavy atom. The van der Waals surface area contributed by atoms with Crippen LogP contribution >= 0.6 is 15.9 Å². The first-order valence-corrected chi connectivity index (χ1v) is 7.14. The van der Waals surface area contributed by atoms with E-state index in [0.717, 1.165) is 22.4 Å². The van der Waals surface area contributed by atoms with Crippen molar-refractivity contribution in [3.8, 4) is 0 Å². The van der Waals surface area contributed by atoms with Crippen LogP contribution in [0, 0.1) is 6.92 Å². The Bertz CT molecular complexity index is 396. The van der Waals surface area contributed by atoms with Gasteiger partial charge in [-0.3, -0.25) is 4.68 Å². The minimum Gasteiger partial charge on any atom is -0.309 e. The Balaban J connectivity index is 2.67. The van der Waals surface area contributed by atoms with E-state index in [1.54, 1.807) is 0 Å². The van der Waals surface area contributed by atoms with Crippen molar-refractivity contribution in [2.75, 3.05) is 6.54 Å². The smallest absolute Gasteiger partial charge is 0.118 e. The molecular formula is C13H23BrFN3. The van der Waals surface area contributed by atoms with Crippen molar-refractivity contribution in [3.05, 3.63) is 15.9 Å². The van der Waals surface area contributed by atoms with E-state index < -0.39 is 6.17 Å². The minimum atomic E-state index is -0.901. The molecule has 5 heteroatoms. The molecule has 0 aliphatic heterocycles. The average molecular weight is 320 g/mol. The topological polar surface area (TPSA) is 29.9 Å². The molecule has 0 saturated carbocycles. The summed E-state index contributed by atoms with van der Waals surface area (Å²) in [5, 5.41) is 7.56. The van der Waals surface area contributed by atoms with Gasteiger partial charge in [0.05, 0.1) is 15.9 Å². The zero-order valence-electron chi connectivity index (χ0n) is 11.8. The number of nitrogens with zero attached hydrogens (tertiary/aromatic N) is 2. The Morgan fingerprint density at radius 1 is 1.44 bits per heavy atom. The summed E-state index contributed by atoms with van der Waals surface area (Å²) in [4.78, 5) is 0. The number of hydrogen-bond donors (Lipinski definition) is 1. The van der Waals surface area contributed by atoms with Crippen molar-refractivity contribution in [1.82, 2.24) is 15.1 Å². The first-order chi connectivity index (χ1) is 8.24. The predicted molar refractivity (Wildman–Crippen MR) is 76.7 cm³/mol. The molecule has 1 rings (SSSR count). The van der Waals surface area contributed by atoms with Crippen LogP contribution in [0.25, 0.3) is 0 Å². The molecular weight excluding hydrogens is 297 g/mol. The second-order valence-electron chi connectivity index (χ2n) is 5.59. The number of rotatable bonds is 5. The van der Waals surface area contributed by atoms with Gasteiger partial charge < -0.3 is 5.32 Å². The van der Waals surface area contributed by atoms with Gasteiger partial charge in [0.25, 0.3) is 0 Å². The third kappa shape index (κ3) is 4.35. The number of nitrogens with one attached hydrogen (secondary N) is 1. The highest BCUT2D eigenvalue weighted by molar-refractivity contribution is 9.10. The van der Waals surface area contributed by atoms with E-state index in [9.17, 15) is 4.39 Å². The second-order valence-corrected chi connectivity index (χ2v) is 6.39. The van der Waals surface area contributed by atoms with E-state index in [2.05, 4.69) is 26.3 Å². The fraction of sp³-hybridized carbons (Fsp3) is 0.769. The van der Waals surface area contributed by atoms with Gasteiger partial charge in [-0.1, -0.05) is 0 Å². The summed E-state index contributed by atoms with van der Waals surface area (Å²) in [6.07, 6.45) is -0.514. The highest BCUT2D eigenvalue weighted by atomic mass is 79.9. The summed E-state index contributed by atoms with van der Waals surface area (Å²) in [5.41, 5.74) is 1.81. The number of aryl methyl sites for hydroxylation is 2. The predicted octanol–water partition coefficient (Wildman–Crippen LogP) is 3.24. The number of hydrogen-bond acceptors (Lipinski definition) is 2. The summed E-state index contributed by atoms with van der Waals surface area (Å²) < 4.78 is 16.8. The van der Waals surface area contributed by atoms with Gasteiger partial charge >= 0.3 is 0 Å².